The number of hydrogen-bond donors (Lipinski definition) is 2. The fourth-order valence-corrected chi connectivity index (χ4v) is 9.50. The van der Waals surface area contributed by atoms with E-state index in [1.54, 1.807) is 29.0 Å². The number of carbonyl (C=O) groups is 2. The zero-order chi connectivity index (χ0) is 28.1. The summed E-state index contributed by atoms with van der Waals surface area (Å²) in [6.07, 6.45) is 0.727. The first-order valence-electron chi connectivity index (χ1n) is 13.4. The van der Waals surface area contributed by atoms with Crippen molar-refractivity contribution in [3.8, 4) is 0 Å². The van der Waals surface area contributed by atoms with Gasteiger partial charge in [-0.25, -0.2) is 0 Å². The van der Waals surface area contributed by atoms with Gasteiger partial charge in [0.15, 0.2) is 13.9 Å². The first kappa shape index (κ1) is 27.4. The number of benzene rings is 2. The van der Waals surface area contributed by atoms with Crippen LogP contribution in [0.15, 0.2) is 48.5 Å². The second-order valence-corrected chi connectivity index (χ2v) is 15.4. The van der Waals surface area contributed by atoms with Gasteiger partial charge in [0.25, 0.3) is 11.6 Å². The van der Waals surface area contributed by atoms with Crippen LogP contribution in [-0.2, 0) is 26.5 Å². The Balaban J connectivity index is 1.58. The summed E-state index contributed by atoms with van der Waals surface area (Å²) in [6.45, 7) is 6.07. The Labute approximate surface area is 228 Å². The average Bonchev–Trinajstić information content (AvgIpc) is 3.55. The van der Waals surface area contributed by atoms with Crippen LogP contribution >= 0.6 is 0 Å². The Hall–Kier alpha value is -3.12. The van der Waals surface area contributed by atoms with Crippen molar-refractivity contribution in [1.29, 1.82) is 0 Å². The van der Waals surface area contributed by atoms with E-state index in [2.05, 4.69) is 0 Å². The molecule has 2 aromatic rings. The summed E-state index contributed by atoms with van der Waals surface area (Å²) in [5.74, 6) is -1.07. The van der Waals surface area contributed by atoms with E-state index >= 15 is 0 Å². The molecule has 0 radical (unpaired) electrons. The molecule has 3 aliphatic heterocycles. The third-order valence-electron chi connectivity index (χ3n) is 8.65. The molecule has 0 bridgehead atoms. The summed E-state index contributed by atoms with van der Waals surface area (Å²) in [7, 11) is -3.01. The summed E-state index contributed by atoms with van der Waals surface area (Å²) in [5.41, 5.74) is -0.383. The van der Waals surface area contributed by atoms with Crippen molar-refractivity contribution < 1.29 is 29.2 Å². The van der Waals surface area contributed by atoms with Crippen LogP contribution in [0.1, 0.15) is 37.3 Å². The Morgan fingerprint density at radius 3 is 2.59 bits per heavy atom. The molecule has 0 saturated carbocycles. The largest absolute Gasteiger partial charge is 0.432 e. The number of nitrogens with zero attached hydrogens (tertiary/aromatic N) is 3. The lowest BCUT2D eigenvalue weighted by molar-refractivity contribution is -0.385. The number of carbonyl (C=O) groups excluding carboxylic acids is 2. The minimum Gasteiger partial charge on any atom is -0.432 e. The van der Waals surface area contributed by atoms with Crippen molar-refractivity contribution in [2.45, 2.75) is 69.1 Å². The van der Waals surface area contributed by atoms with E-state index in [0.29, 0.717) is 17.8 Å². The molecule has 2 N–H and O–H groups in total. The summed E-state index contributed by atoms with van der Waals surface area (Å²) < 4.78 is 6.65. The molecule has 2 amide bonds. The SMILES string of the molecule is C[C@H]1[C@H]([Si](C)(C)O)[C@@H](CC(=O)N2CCC[C@H]2CO)O[C@]12C(=O)N(Cc1ccccc1)c1ccc([N+](=O)[O-])cc12. The second kappa shape index (κ2) is 10.1. The van der Waals surface area contributed by atoms with E-state index in [-0.39, 0.29) is 43.1 Å². The van der Waals surface area contributed by atoms with Gasteiger partial charge in [-0.15, -0.1) is 0 Å². The molecule has 11 heteroatoms. The van der Waals surface area contributed by atoms with Crippen molar-refractivity contribution in [2.24, 2.45) is 5.92 Å². The zero-order valence-corrected chi connectivity index (χ0v) is 23.4. The van der Waals surface area contributed by atoms with E-state index in [0.717, 1.165) is 18.4 Å². The number of rotatable bonds is 7. The number of fused-ring (bicyclic) bond motifs is 2. The lowest BCUT2D eigenvalue weighted by Crippen LogP contribution is -2.46. The molecular formula is C28H35N3O7Si. The smallest absolute Gasteiger partial charge is 0.269 e. The van der Waals surface area contributed by atoms with E-state index in [1.807, 2.05) is 37.3 Å². The second-order valence-electron chi connectivity index (χ2n) is 11.5. The van der Waals surface area contributed by atoms with Crippen LogP contribution in [0.2, 0.25) is 18.6 Å². The zero-order valence-electron chi connectivity index (χ0n) is 22.4. The number of aliphatic hydroxyl groups is 1. The van der Waals surface area contributed by atoms with Crippen LogP contribution in [-0.4, -0.2) is 65.2 Å². The maximum Gasteiger partial charge on any atom is 0.269 e. The van der Waals surface area contributed by atoms with E-state index in [9.17, 15) is 29.6 Å². The van der Waals surface area contributed by atoms with Crippen molar-refractivity contribution in [3.63, 3.8) is 0 Å². The number of likely N-dealkylation sites (tertiary alicyclic amines) is 1. The summed E-state index contributed by atoms with van der Waals surface area (Å²) in [5, 5.41) is 21.5. The first-order valence-corrected chi connectivity index (χ1v) is 16.5. The van der Waals surface area contributed by atoms with Gasteiger partial charge >= 0.3 is 0 Å². The maximum absolute atomic E-state index is 14.4. The van der Waals surface area contributed by atoms with Crippen LogP contribution in [0.4, 0.5) is 11.4 Å². The number of ether oxygens (including phenoxy) is 1. The molecule has 0 aliphatic carbocycles. The maximum atomic E-state index is 14.4. The highest BCUT2D eigenvalue weighted by Crippen LogP contribution is 2.60. The molecule has 2 saturated heterocycles. The predicted octanol–water partition coefficient (Wildman–Crippen LogP) is 3.31. The number of hydrogen-bond acceptors (Lipinski definition) is 7. The third-order valence-corrected chi connectivity index (χ3v) is 11.1. The van der Waals surface area contributed by atoms with E-state index < -0.39 is 36.4 Å². The molecule has 2 fully saturated rings. The first-order chi connectivity index (χ1) is 18.5. The summed E-state index contributed by atoms with van der Waals surface area (Å²) in [6, 6.07) is 13.6. The molecule has 10 nitrogen and oxygen atoms in total. The Kier molecular flexibility index (Phi) is 7.12. The number of amides is 2. The minimum absolute atomic E-state index is 0.0412. The molecule has 0 unspecified atom stereocenters. The van der Waals surface area contributed by atoms with Gasteiger partial charge in [-0.05, 0) is 37.6 Å². The Morgan fingerprint density at radius 2 is 1.95 bits per heavy atom. The summed E-state index contributed by atoms with van der Waals surface area (Å²) >= 11 is 0. The highest BCUT2D eigenvalue weighted by Gasteiger charge is 2.66. The lowest BCUT2D eigenvalue weighted by Gasteiger charge is -2.32. The third kappa shape index (κ3) is 4.56. The molecule has 3 aliphatic rings. The van der Waals surface area contributed by atoms with Gasteiger partial charge in [0.05, 0.1) is 42.3 Å². The van der Waals surface area contributed by atoms with Crippen molar-refractivity contribution >= 4 is 31.5 Å². The van der Waals surface area contributed by atoms with Gasteiger partial charge in [-0.3, -0.25) is 19.7 Å². The van der Waals surface area contributed by atoms with Gasteiger partial charge in [0.1, 0.15) is 0 Å². The lowest BCUT2D eigenvalue weighted by atomic mass is 9.82. The topological polar surface area (TPSA) is 133 Å². The fraction of sp³-hybridized carbons (Fsp3) is 0.500. The molecule has 0 aromatic heterocycles. The number of nitro groups is 1. The molecule has 5 atom stereocenters. The van der Waals surface area contributed by atoms with E-state index in [1.165, 1.54) is 12.1 Å². The standard InChI is InChI=1S/C28H35N3O7Si/c1-18-26(39(2,3)37)24(15-25(33)29-13-7-10-21(29)17-32)38-28(18)22-14-20(31(35)36)11-12-23(22)30(27(28)34)16-19-8-5-4-6-9-19/h4-6,8-9,11-12,14,18,21,24,26,32,37H,7,10,13,15-17H2,1-3H3/t18-,21-,24+,26-,28+/m0/s1. The van der Waals surface area contributed by atoms with E-state index in [4.69, 9.17) is 4.74 Å². The monoisotopic (exact) mass is 553 g/mol. The summed E-state index contributed by atoms with van der Waals surface area (Å²) in [4.78, 5) is 53.7. The molecule has 3 heterocycles. The highest BCUT2D eigenvalue weighted by atomic mass is 28.4. The molecular weight excluding hydrogens is 518 g/mol. The van der Waals surface area contributed by atoms with Gasteiger partial charge in [0.2, 0.25) is 5.91 Å². The van der Waals surface area contributed by atoms with Crippen LogP contribution in [0.5, 0.6) is 0 Å². The Bertz CT molecular complexity index is 1280. The van der Waals surface area contributed by atoms with Crippen molar-refractivity contribution in [1.82, 2.24) is 4.90 Å². The quantitative estimate of drug-likeness (QED) is 0.305. The van der Waals surface area contributed by atoms with Crippen molar-refractivity contribution in [2.75, 3.05) is 18.1 Å². The molecule has 39 heavy (non-hydrogen) atoms. The van der Waals surface area contributed by atoms with Gasteiger partial charge in [-0.1, -0.05) is 37.3 Å². The molecule has 208 valence electrons. The van der Waals surface area contributed by atoms with Gasteiger partial charge < -0.3 is 24.4 Å². The number of aliphatic hydroxyl groups excluding tert-OH is 1. The molecule has 1 spiro atoms. The molecule has 5 rings (SSSR count). The normalized spacial score (nSPS) is 28.4. The van der Waals surface area contributed by atoms with Crippen LogP contribution in [0, 0.1) is 16.0 Å². The molecule has 2 aromatic carbocycles. The van der Waals surface area contributed by atoms with Gasteiger partial charge in [-0.2, -0.15) is 0 Å². The number of anilines is 1. The van der Waals surface area contributed by atoms with Gasteiger partial charge in [0, 0.05) is 35.7 Å². The predicted molar refractivity (Wildman–Crippen MR) is 146 cm³/mol. The van der Waals surface area contributed by atoms with Crippen LogP contribution < -0.4 is 4.90 Å². The number of non-ortho nitro benzene ring substituents is 1. The Morgan fingerprint density at radius 1 is 1.23 bits per heavy atom. The van der Waals surface area contributed by atoms with Crippen LogP contribution in [0.3, 0.4) is 0 Å². The minimum atomic E-state index is -3.01. The number of nitro benzene ring substituents is 1. The van der Waals surface area contributed by atoms with Crippen LogP contribution in [0.25, 0.3) is 0 Å². The fourth-order valence-electron chi connectivity index (χ4n) is 6.95. The average molecular weight is 554 g/mol. The van der Waals surface area contributed by atoms with Crippen molar-refractivity contribution in [3.05, 3.63) is 69.8 Å². The highest BCUT2D eigenvalue weighted by molar-refractivity contribution is 6.71.